The van der Waals surface area contributed by atoms with Gasteiger partial charge in [0.15, 0.2) is 11.0 Å². The lowest BCUT2D eigenvalue weighted by atomic mass is 10.2. The molecule has 140 valence electrons. The zero-order valence-electron chi connectivity index (χ0n) is 14.3. The van der Waals surface area contributed by atoms with E-state index in [1.807, 2.05) is 30.3 Å². The van der Waals surface area contributed by atoms with Gasteiger partial charge in [-0.3, -0.25) is 4.57 Å². The summed E-state index contributed by atoms with van der Waals surface area (Å²) in [5.41, 5.74) is 0.999. The standard InChI is InChI=1S/C19H17F2N3O2S/c20-14-6-7-17(16(21)10-14)24-18(13-4-2-1-3-5-13)22-23-19(24)27-11-15-8-9-25-12-26-15/h1-7,10,15H,8-9,11-12H2/t15-/m1/s1. The van der Waals surface area contributed by atoms with Gasteiger partial charge >= 0.3 is 0 Å². The molecule has 1 atom stereocenters. The summed E-state index contributed by atoms with van der Waals surface area (Å²) in [4.78, 5) is 0. The highest BCUT2D eigenvalue weighted by Crippen LogP contribution is 2.30. The third-order valence-electron chi connectivity index (χ3n) is 4.19. The molecule has 1 aliphatic rings. The Balaban J connectivity index is 1.71. The van der Waals surface area contributed by atoms with Crippen LogP contribution in [0.4, 0.5) is 8.78 Å². The largest absolute Gasteiger partial charge is 0.355 e. The molecule has 4 rings (SSSR count). The van der Waals surface area contributed by atoms with E-state index in [9.17, 15) is 8.78 Å². The summed E-state index contributed by atoms with van der Waals surface area (Å²) in [6.07, 6.45) is 0.824. The summed E-state index contributed by atoms with van der Waals surface area (Å²) in [5, 5.41) is 9.02. The Hall–Kier alpha value is -2.29. The molecule has 0 aliphatic carbocycles. The van der Waals surface area contributed by atoms with E-state index in [2.05, 4.69) is 10.2 Å². The molecule has 1 fully saturated rings. The van der Waals surface area contributed by atoms with Gasteiger partial charge in [-0.15, -0.1) is 10.2 Å². The monoisotopic (exact) mass is 389 g/mol. The van der Waals surface area contributed by atoms with Crippen LogP contribution in [0.3, 0.4) is 0 Å². The summed E-state index contributed by atoms with van der Waals surface area (Å²) in [5.74, 6) is -0.165. The summed E-state index contributed by atoms with van der Waals surface area (Å²) >= 11 is 1.43. The van der Waals surface area contributed by atoms with Crippen molar-refractivity contribution < 1.29 is 18.3 Å². The van der Waals surface area contributed by atoms with Gasteiger partial charge in [-0.05, 0) is 18.6 Å². The second-order valence-electron chi connectivity index (χ2n) is 6.02. The molecule has 1 saturated heterocycles. The van der Waals surface area contributed by atoms with Gasteiger partial charge in [0.2, 0.25) is 0 Å². The Labute approximate surface area is 159 Å². The third kappa shape index (κ3) is 4.02. The molecule has 1 aromatic heterocycles. The van der Waals surface area contributed by atoms with Crippen LogP contribution in [0.1, 0.15) is 6.42 Å². The highest BCUT2D eigenvalue weighted by atomic mass is 32.2. The van der Waals surface area contributed by atoms with Crippen molar-refractivity contribution in [3.05, 3.63) is 60.2 Å². The number of hydrogen-bond acceptors (Lipinski definition) is 5. The van der Waals surface area contributed by atoms with Crippen LogP contribution in [0.5, 0.6) is 0 Å². The summed E-state index contributed by atoms with van der Waals surface area (Å²) in [6, 6.07) is 12.9. The van der Waals surface area contributed by atoms with E-state index in [-0.39, 0.29) is 18.6 Å². The van der Waals surface area contributed by atoms with Crippen LogP contribution < -0.4 is 0 Å². The molecule has 2 heterocycles. The number of thioether (sulfide) groups is 1. The topological polar surface area (TPSA) is 49.2 Å². The smallest absolute Gasteiger partial charge is 0.196 e. The van der Waals surface area contributed by atoms with Crippen molar-refractivity contribution in [2.75, 3.05) is 19.2 Å². The van der Waals surface area contributed by atoms with Crippen molar-refractivity contribution in [1.82, 2.24) is 14.8 Å². The Morgan fingerprint density at radius 1 is 1.11 bits per heavy atom. The maximum Gasteiger partial charge on any atom is 0.196 e. The van der Waals surface area contributed by atoms with E-state index in [1.54, 1.807) is 4.57 Å². The number of ether oxygens (including phenoxy) is 2. The number of benzene rings is 2. The van der Waals surface area contributed by atoms with E-state index in [0.717, 1.165) is 18.1 Å². The van der Waals surface area contributed by atoms with Crippen molar-refractivity contribution in [3.63, 3.8) is 0 Å². The van der Waals surface area contributed by atoms with Crippen molar-refractivity contribution >= 4 is 11.8 Å². The van der Waals surface area contributed by atoms with Gasteiger partial charge in [-0.2, -0.15) is 0 Å². The summed E-state index contributed by atoms with van der Waals surface area (Å²) in [6.45, 7) is 0.930. The van der Waals surface area contributed by atoms with Gasteiger partial charge in [0, 0.05) is 17.4 Å². The van der Waals surface area contributed by atoms with Gasteiger partial charge in [0.25, 0.3) is 0 Å². The van der Waals surface area contributed by atoms with Crippen LogP contribution in [0.2, 0.25) is 0 Å². The maximum absolute atomic E-state index is 14.5. The Morgan fingerprint density at radius 3 is 2.70 bits per heavy atom. The van der Waals surface area contributed by atoms with E-state index in [1.165, 1.54) is 23.9 Å². The first-order valence-corrected chi connectivity index (χ1v) is 9.49. The quantitative estimate of drug-likeness (QED) is 0.616. The Bertz CT molecular complexity index is 915. The first-order chi connectivity index (χ1) is 13.2. The maximum atomic E-state index is 14.5. The molecule has 0 bridgehead atoms. The molecule has 0 saturated carbocycles. The lowest BCUT2D eigenvalue weighted by molar-refractivity contribution is -0.130. The van der Waals surface area contributed by atoms with Gasteiger partial charge in [0.1, 0.15) is 18.4 Å². The molecular weight excluding hydrogens is 372 g/mol. The lowest BCUT2D eigenvalue weighted by Crippen LogP contribution is -2.25. The average Bonchev–Trinajstić information content (AvgIpc) is 3.11. The van der Waals surface area contributed by atoms with Crippen molar-refractivity contribution in [2.45, 2.75) is 17.7 Å². The van der Waals surface area contributed by atoms with Crippen molar-refractivity contribution in [3.8, 4) is 17.1 Å². The SMILES string of the molecule is Fc1ccc(-n2c(SC[C@H]3CCOCO3)nnc2-c2ccccc2)c(F)c1. The number of nitrogens with zero attached hydrogens (tertiary/aromatic N) is 3. The lowest BCUT2D eigenvalue weighted by Gasteiger charge is -2.22. The van der Waals surface area contributed by atoms with Crippen LogP contribution in [-0.2, 0) is 9.47 Å². The summed E-state index contributed by atoms with van der Waals surface area (Å²) in [7, 11) is 0. The average molecular weight is 389 g/mol. The van der Waals surface area contributed by atoms with E-state index in [4.69, 9.17) is 9.47 Å². The Kier molecular flexibility index (Phi) is 5.47. The third-order valence-corrected chi connectivity index (χ3v) is 5.25. The normalized spacial score (nSPS) is 17.2. The fourth-order valence-electron chi connectivity index (χ4n) is 2.82. The fraction of sp³-hybridized carbons (Fsp3) is 0.263. The molecule has 27 heavy (non-hydrogen) atoms. The molecule has 0 amide bonds. The number of rotatable bonds is 5. The fourth-order valence-corrected chi connectivity index (χ4v) is 3.83. The first kappa shape index (κ1) is 18.1. The summed E-state index contributed by atoms with van der Waals surface area (Å²) < 4.78 is 40.3. The van der Waals surface area contributed by atoms with Crippen LogP contribution in [0, 0.1) is 11.6 Å². The highest BCUT2D eigenvalue weighted by molar-refractivity contribution is 7.99. The van der Waals surface area contributed by atoms with E-state index < -0.39 is 11.6 Å². The van der Waals surface area contributed by atoms with Crippen LogP contribution in [0.25, 0.3) is 17.1 Å². The van der Waals surface area contributed by atoms with Crippen LogP contribution in [-0.4, -0.2) is 40.0 Å². The minimum atomic E-state index is -0.670. The minimum absolute atomic E-state index is 0.0344. The van der Waals surface area contributed by atoms with Gasteiger partial charge < -0.3 is 9.47 Å². The molecule has 3 aromatic rings. The molecule has 0 N–H and O–H groups in total. The van der Waals surface area contributed by atoms with E-state index in [0.29, 0.717) is 23.3 Å². The second kappa shape index (κ2) is 8.16. The van der Waals surface area contributed by atoms with Gasteiger partial charge in [0.05, 0.1) is 18.4 Å². The highest BCUT2D eigenvalue weighted by Gasteiger charge is 2.21. The van der Waals surface area contributed by atoms with Crippen LogP contribution in [0.15, 0.2) is 53.7 Å². The van der Waals surface area contributed by atoms with Crippen molar-refractivity contribution in [2.24, 2.45) is 0 Å². The molecule has 8 heteroatoms. The molecule has 0 spiro atoms. The molecular formula is C19H17F2N3O2S. The van der Waals surface area contributed by atoms with Crippen molar-refractivity contribution in [1.29, 1.82) is 0 Å². The number of halogens is 2. The first-order valence-electron chi connectivity index (χ1n) is 8.51. The van der Waals surface area contributed by atoms with E-state index >= 15 is 0 Å². The molecule has 2 aromatic carbocycles. The predicted octanol–water partition coefficient (Wildman–Crippen LogP) is 4.07. The zero-order chi connectivity index (χ0) is 18.6. The van der Waals surface area contributed by atoms with Gasteiger partial charge in [-0.1, -0.05) is 42.1 Å². The Morgan fingerprint density at radius 2 is 1.96 bits per heavy atom. The number of aromatic nitrogens is 3. The van der Waals surface area contributed by atoms with Gasteiger partial charge in [-0.25, -0.2) is 8.78 Å². The molecule has 1 aliphatic heterocycles. The molecule has 0 radical (unpaired) electrons. The number of hydrogen-bond donors (Lipinski definition) is 0. The molecule has 5 nitrogen and oxygen atoms in total. The second-order valence-corrected chi connectivity index (χ2v) is 7.00. The zero-order valence-corrected chi connectivity index (χ0v) is 15.2. The minimum Gasteiger partial charge on any atom is -0.355 e. The van der Waals surface area contributed by atoms with Crippen LogP contribution >= 0.6 is 11.8 Å². The molecule has 0 unspecified atom stereocenters. The predicted molar refractivity (Wildman–Crippen MR) is 97.7 cm³/mol.